The van der Waals surface area contributed by atoms with Crippen molar-refractivity contribution in [2.24, 2.45) is 0 Å². The number of fused-ring (bicyclic) bond motifs is 1. The van der Waals surface area contributed by atoms with Crippen molar-refractivity contribution in [1.29, 1.82) is 0 Å². The first kappa shape index (κ1) is 23.2. The minimum absolute atomic E-state index is 0.00184. The second kappa shape index (κ2) is 9.49. The number of nitrogens with zero attached hydrogens (tertiary/aromatic N) is 2. The van der Waals surface area contributed by atoms with Gasteiger partial charge in [0.1, 0.15) is 11.3 Å². The molecule has 0 N–H and O–H groups in total. The summed E-state index contributed by atoms with van der Waals surface area (Å²) in [5.74, 6) is 1.07. The predicted octanol–water partition coefficient (Wildman–Crippen LogP) is 4.95. The van der Waals surface area contributed by atoms with Gasteiger partial charge >= 0.3 is 0 Å². The maximum absolute atomic E-state index is 13.5. The lowest BCUT2D eigenvalue weighted by molar-refractivity contribution is 0.0991. The number of ether oxygens (including phenoxy) is 3. The van der Waals surface area contributed by atoms with Crippen LogP contribution in [0.2, 0.25) is 5.02 Å². The molecule has 0 atom stereocenters. The minimum Gasteiger partial charge on any atom is -0.497 e. The van der Waals surface area contributed by atoms with Gasteiger partial charge in [0, 0.05) is 35.7 Å². The van der Waals surface area contributed by atoms with Gasteiger partial charge < -0.3 is 23.7 Å². The molecule has 1 heterocycles. The number of carbonyl (C=O) groups is 1. The second-order valence-electron chi connectivity index (χ2n) is 7.51. The van der Waals surface area contributed by atoms with Crippen molar-refractivity contribution in [3.63, 3.8) is 0 Å². The summed E-state index contributed by atoms with van der Waals surface area (Å²) in [6, 6.07) is 17.5. The Morgan fingerprint density at radius 2 is 1.59 bits per heavy atom. The lowest BCUT2D eigenvalue weighted by Crippen LogP contribution is -2.31. The fourth-order valence-electron chi connectivity index (χ4n) is 3.74. The van der Waals surface area contributed by atoms with Crippen LogP contribution >= 0.6 is 11.6 Å². The number of amides is 1. The number of methoxy groups -OCH3 is 3. The molecule has 1 aromatic heterocycles. The Balaban J connectivity index is 1.97. The SMILES string of the molecule is COc1ccc(-n2cc(C(=O)N(C)c3cccc(Cl)c3)c(=O)c3cc(OC)c(OC)cc32)cc1. The predicted molar refractivity (Wildman–Crippen MR) is 133 cm³/mol. The van der Waals surface area contributed by atoms with Crippen molar-refractivity contribution in [3.05, 3.63) is 87.7 Å². The summed E-state index contributed by atoms with van der Waals surface area (Å²) in [4.78, 5) is 28.4. The lowest BCUT2D eigenvalue weighted by Gasteiger charge is -2.20. The fraction of sp³-hybridized carbons (Fsp3) is 0.154. The first-order valence-corrected chi connectivity index (χ1v) is 10.7. The lowest BCUT2D eigenvalue weighted by atomic mass is 10.1. The molecule has 0 bridgehead atoms. The van der Waals surface area contributed by atoms with Gasteiger partial charge in [-0.25, -0.2) is 0 Å². The number of aromatic nitrogens is 1. The summed E-state index contributed by atoms with van der Waals surface area (Å²) in [6.45, 7) is 0. The van der Waals surface area contributed by atoms with Crippen molar-refractivity contribution in [1.82, 2.24) is 4.57 Å². The molecular weight excluding hydrogens is 456 g/mol. The Kier molecular flexibility index (Phi) is 6.47. The first-order valence-electron chi connectivity index (χ1n) is 10.4. The molecule has 0 saturated heterocycles. The van der Waals surface area contributed by atoms with E-state index in [1.54, 1.807) is 73.5 Å². The maximum Gasteiger partial charge on any atom is 0.263 e. The molecule has 0 aliphatic heterocycles. The highest BCUT2D eigenvalue weighted by Gasteiger charge is 2.22. The molecule has 34 heavy (non-hydrogen) atoms. The molecule has 3 aromatic carbocycles. The van der Waals surface area contributed by atoms with Gasteiger partial charge in [-0.1, -0.05) is 17.7 Å². The molecule has 0 fully saturated rings. The average molecular weight is 479 g/mol. The van der Waals surface area contributed by atoms with Gasteiger partial charge in [0.2, 0.25) is 5.43 Å². The molecule has 174 valence electrons. The van der Waals surface area contributed by atoms with Gasteiger partial charge in [-0.2, -0.15) is 0 Å². The highest BCUT2D eigenvalue weighted by molar-refractivity contribution is 6.31. The third-order valence-electron chi connectivity index (χ3n) is 5.59. The molecule has 8 heteroatoms. The number of hydrogen-bond donors (Lipinski definition) is 0. The van der Waals surface area contributed by atoms with Gasteiger partial charge in [0.05, 0.1) is 32.2 Å². The van der Waals surface area contributed by atoms with Gasteiger partial charge in [-0.05, 0) is 48.5 Å². The van der Waals surface area contributed by atoms with Gasteiger partial charge in [0.25, 0.3) is 5.91 Å². The van der Waals surface area contributed by atoms with E-state index in [2.05, 4.69) is 0 Å². The van der Waals surface area contributed by atoms with E-state index in [0.29, 0.717) is 38.9 Å². The molecule has 0 saturated carbocycles. The van der Waals surface area contributed by atoms with E-state index in [9.17, 15) is 9.59 Å². The zero-order valence-corrected chi connectivity index (χ0v) is 19.9. The summed E-state index contributed by atoms with van der Waals surface area (Å²) >= 11 is 6.10. The molecule has 0 spiro atoms. The highest BCUT2D eigenvalue weighted by Crippen LogP contribution is 2.32. The highest BCUT2D eigenvalue weighted by atomic mass is 35.5. The van der Waals surface area contributed by atoms with E-state index in [1.165, 1.54) is 19.1 Å². The molecule has 4 rings (SSSR count). The standard InChI is InChI=1S/C26H23ClN2O5/c1-28(18-7-5-6-16(27)12-18)26(31)21-15-29(17-8-10-19(32-2)11-9-17)22-14-24(34-4)23(33-3)13-20(22)25(21)30/h5-15H,1-4H3. The third-order valence-corrected chi connectivity index (χ3v) is 5.83. The number of rotatable bonds is 6. The Labute approximate surface area is 201 Å². The Morgan fingerprint density at radius 3 is 2.21 bits per heavy atom. The average Bonchev–Trinajstić information content (AvgIpc) is 2.87. The Bertz CT molecular complexity index is 1430. The zero-order valence-electron chi connectivity index (χ0n) is 19.2. The maximum atomic E-state index is 13.5. The van der Waals surface area contributed by atoms with E-state index < -0.39 is 11.3 Å². The summed E-state index contributed by atoms with van der Waals surface area (Å²) < 4.78 is 17.9. The van der Waals surface area contributed by atoms with E-state index in [4.69, 9.17) is 25.8 Å². The minimum atomic E-state index is -0.466. The van der Waals surface area contributed by atoms with E-state index in [-0.39, 0.29) is 5.56 Å². The van der Waals surface area contributed by atoms with Crippen molar-refractivity contribution in [3.8, 4) is 22.9 Å². The molecule has 0 radical (unpaired) electrons. The molecule has 0 unspecified atom stereocenters. The number of anilines is 1. The number of benzene rings is 3. The van der Waals surface area contributed by atoms with Crippen molar-refractivity contribution < 1.29 is 19.0 Å². The smallest absolute Gasteiger partial charge is 0.263 e. The van der Waals surface area contributed by atoms with Crippen LogP contribution in [0.15, 0.2) is 71.7 Å². The number of halogens is 1. The molecule has 0 aliphatic rings. The van der Waals surface area contributed by atoms with E-state index >= 15 is 0 Å². The van der Waals surface area contributed by atoms with Gasteiger partial charge in [0.15, 0.2) is 11.5 Å². The van der Waals surface area contributed by atoms with Gasteiger partial charge in [-0.15, -0.1) is 0 Å². The molecule has 1 amide bonds. The fourth-order valence-corrected chi connectivity index (χ4v) is 3.93. The third kappa shape index (κ3) is 4.18. The van der Waals surface area contributed by atoms with Crippen molar-refractivity contribution in [2.45, 2.75) is 0 Å². The molecular formula is C26H23ClN2O5. The van der Waals surface area contributed by atoms with Crippen LogP contribution < -0.4 is 24.5 Å². The van der Waals surface area contributed by atoms with Crippen LogP contribution in [-0.2, 0) is 0 Å². The van der Waals surface area contributed by atoms with Crippen LogP contribution in [-0.4, -0.2) is 38.9 Å². The van der Waals surface area contributed by atoms with Crippen LogP contribution in [0.5, 0.6) is 17.2 Å². The molecule has 0 aliphatic carbocycles. The van der Waals surface area contributed by atoms with Crippen LogP contribution in [0.1, 0.15) is 10.4 Å². The summed E-state index contributed by atoms with van der Waals surface area (Å²) in [7, 11) is 6.21. The van der Waals surface area contributed by atoms with Gasteiger partial charge in [-0.3, -0.25) is 9.59 Å². The van der Waals surface area contributed by atoms with Crippen molar-refractivity contribution >= 4 is 34.1 Å². The van der Waals surface area contributed by atoms with Crippen LogP contribution in [0.3, 0.4) is 0 Å². The molecule has 7 nitrogen and oxygen atoms in total. The summed E-state index contributed by atoms with van der Waals surface area (Å²) in [6.07, 6.45) is 1.54. The normalized spacial score (nSPS) is 10.7. The number of pyridine rings is 1. The second-order valence-corrected chi connectivity index (χ2v) is 7.94. The topological polar surface area (TPSA) is 70.0 Å². The van der Waals surface area contributed by atoms with Crippen LogP contribution in [0, 0.1) is 0 Å². The monoisotopic (exact) mass is 478 g/mol. The van der Waals surface area contributed by atoms with Crippen LogP contribution in [0.4, 0.5) is 5.69 Å². The summed E-state index contributed by atoms with van der Waals surface area (Å²) in [5.41, 5.74) is 1.45. The molecule has 4 aromatic rings. The largest absolute Gasteiger partial charge is 0.497 e. The Hall–Kier alpha value is -3.97. The zero-order chi connectivity index (χ0) is 24.4. The number of carbonyl (C=O) groups excluding carboxylic acids is 1. The van der Waals surface area contributed by atoms with Crippen molar-refractivity contribution in [2.75, 3.05) is 33.3 Å². The Morgan fingerprint density at radius 1 is 0.912 bits per heavy atom. The summed E-state index contributed by atoms with van der Waals surface area (Å²) in [5, 5.41) is 0.807. The van der Waals surface area contributed by atoms with E-state index in [1.807, 2.05) is 12.1 Å². The number of hydrogen-bond acceptors (Lipinski definition) is 5. The quantitative estimate of drug-likeness (QED) is 0.392. The first-order chi connectivity index (χ1) is 16.4. The van der Waals surface area contributed by atoms with Crippen LogP contribution in [0.25, 0.3) is 16.6 Å². The van der Waals surface area contributed by atoms with E-state index in [0.717, 1.165) is 5.69 Å².